The number of benzene rings is 2. The first-order valence-corrected chi connectivity index (χ1v) is 10.0. The standard InChI is InChI=1S/C23H27NO4/c1-16(2)28-20-9-3-6-17(12-20)22(25)18-8-5-11-24(13-18)14-19-7-4-10-21-23(19)27-15-26-21/h3-4,6-7,9-10,12,16,18H,5,8,11,13-15H2,1-2H3/t18-/m0/s1. The van der Waals surface area contributed by atoms with Crippen molar-refractivity contribution in [3.05, 3.63) is 53.6 Å². The maximum Gasteiger partial charge on any atom is 0.231 e. The summed E-state index contributed by atoms with van der Waals surface area (Å²) in [6.45, 7) is 6.78. The van der Waals surface area contributed by atoms with Crippen molar-refractivity contribution in [3.8, 4) is 17.2 Å². The fourth-order valence-electron chi connectivity index (χ4n) is 4.00. The third-order valence-corrected chi connectivity index (χ3v) is 5.24. The number of hydrogen-bond acceptors (Lipinski definition) is 5. The van der Waals surface area contributed by atoms with Gasteiger partial charge in [-0.05, 0) is 51.4 Å². The highest BCUT2D eigenvalue weighted by molar-refractivity contribution is 5.98. The Hall–Kier alpha value is -2.53. The van der Waals surface area contributed by atoms with E-state index < -0.39 is 0 Å². The van der Waals surface area contributed by atoms with Gasteiger partial charge in [0, 0.05) is 30.1 Å². The second-order valence-corrected chi connectivity index (χ2v) is 7.78. The van der Waals surface area contributed by atoms with Gasteiger partial charge in [-0.15, -0.1) is 0 Å². The number of nitrogens with zero attached hydrogens (tertiary/aromatic N) is 1. The van der Waals surface area contributed by atoms with Crippen molar-refractivity contribution in [1.82, 2.24) is 4.90 Å². The smallest absolute Gasteiger partial charge is 0.231 e. The SMILES string of the molecule is CC(C)Oc1cccc(C(=O)[C@H]2CCCN(Cc3cccc4c3OCO4)C2)c1. The number of hydrogen-bond donors (Lipinski definition) is 0. The number of ether oxygens (including phenoxy) is 3. The first-order valence-electron chi connectivity index (χ1n) is 10.0. The van der Waals surface area contributed by atoms with Crippen LogP contribution in [0.2, 0.25) is 0 Å². The van der Waals surface area contributed by atoms with Crippen LogP contribution in [0.3, 0.4) is 0 Å². The molecule has 2 aromatic rings. The van der Waals surface area contributed by atoms with E-state index in [2.05, 4.69) is 11.0 Å². The maximum absolute atomic E-state index is 13.1. The van der Waals surface area contributed by atoms with Crippen molar-refractivity contribution in [1.29, 1.82) is 0 Å². The fourth-order valence-corrected chi connectivity index (χ4v) is 4.00. The minimum absolute atomic E-state index is 0.0111. The van der Waals surface area contributed by atoms with Crippen molar-refractivity contribution < 1.29 is 19.0 Å². The second kappa shape index (κ2) is 8.23. The Morgan fingerprint density at radius 2 is 2.07 bits per heavy atom. The van der Waals surface area contributed by atoms with E-state index in [1.165, 1.54) is 0 Å². The van der Waals surface area contributed by atoms with Crippen LogP contribution < -0.4 is 14.2 Å². The summed E-state index contributed by atoms with van der Waals surface area (Å²) < 4.78 is 16.9. The number of para-hydroxylation sites is 1. The molecule has 0 saturated carbocycles. The lowest BCUT2D eigenvalue weighted by molar-refractivity contribution is 0.0810. The molecular weight excluding hydrogens is 354 g/mol. The predicted octanol–water partition coefficient (Wildman–Crippen LogP) is 4.30. The minimum atomic E-state index is 0.0111. The normalized spacial score (nSPS) is 19.0. The number of rotatable bonds is 6. The van der Waals surface area contributed by atoms with E-state index in [-0.39, 0.29) is 24.6 Å². The van der Waals surface area contributed by atoms with Gasteiger partial charge in [0.05, 0.1) is 6.10 Å². The van der Waals surface area contributed by atoms with Crippen LogP contribution in [0.15, 0.2) is 42.5 Å². The van der Waals surface area contributed by atoms with Gasteiger partial charge in [0.25, 0.3) is 0 Å². The quantitative estimate of drug-likeness (QED) is 0.699. The summed E-state index contributed by atoms with van der Waals surface area (Å²) >= 11 is 0. The monoisotopic (exact) mass is 381 g/mol. The van der Waals surface area contributed by atoms with Crippen LogP contribution in [-0.4, -0.2) is 36.7 Å². The first-order chi connectivity index (χ1) is 13.6. The zero-order valence-electron chi connectivity index (χ0n) is 16.5. The molecule has 0 radical (unpaired) electrons. The number of carbonyl (C=O) groups excluding carboxylic acids is 1. The molecule has 1 saturated heterocycles. The summed E-state index contributed by atoms with van der Waals surface area (Å²) in [5.74, 6) is 2.62. The minimum Gasteiger partial charge on any atom is -0.491 e. The van der Waals surface area contributed by atoms with Gasteiger partial charge in [-0.1, -0.05) is 24.3 Å². The molecule has 0 aliphatic carbocycles. The highest BCUT2D eigenvalue weighted by Crippen LogP contribution is 2.36. The number of piperidine rings is 1. The van der Waals surface area contributed by atoms with Crippen LogP contribution in [-0.2, 0) is 6.54 Å². The van der Waals surface area contributed by atoms with Gasteiger partial charge in [-0.3, -0.25) is 9.69 Å². The molecule has 0 amide bonds. The highest BCUT2D eigenvalue weighted by atomic mass is 16.7. The van der Waals surface area contributed by atoms with E-state index in [0.29, 0.717) is 0 Å². The van der Waals surface area contributed by atoms with Crippen LogP contribution in [0.25, 0.3) is 0 Å². The Kier molecular flexibility index (Phi) is 5.53. The van der Waals surface area contributed by atoms with Gasteiger partial charge in [0.1, 0.15) is 5.75 Å². The predicted molar refractivity (Wildman–Crippen MR) is 107 cm³/mol. The molecule has 28 heavy (non-hydrogen) atoms. The third kappa shape index (κ3) is 4.14. The van der Waals surface area contributed by atoms with E-state index in [9.17, 15) is 4.79 Å². The first kappa shape index (κ1) is 18.8. The molecule has 5 heteroatoms. The molecule has 2 aromatic carbocycles. The zero-order valence-corrected chi connectivity index (χ0v) is 16.5. The summed E-state index contributed by atoms with van der Waals surface area (Å²) in [6.07, 6.45) is 2.04. The van der Waals surface area contributed by atoms with Crippen molar-refractivity contribution in [2.45, 2.75) is 39.3 Å². The van der Waals surface area contributed by atoms with Gasteiger partial charge in [0.15, 0.2) is 17.3 Å². The highest BCUT2D eigenvalue weighted by Gasteiger charge is 2.28. The van der Waals surface area contributed by atoms with Gasteiger partial charge in [-0.2, -0.15) is 0 Å². The van der Waals surface area contributed by atoms with Gasteiger partial charge < -0.3 is 14.2 Å². The average molecular weight is 381 g/mol. The Labute approximate surface area is 166 Å². The van der Waals surface area contributed by atoms with Gasteiger partial charge in [-0.25, -0.2) is 0 Å². The topological polar surface area (TPSA) is 48.0 Å². The Bertz CT molecular complexity index is 848. The summed E-state index contributed by atoms with van der Waals surface area (Å²) in [5, 5.41) is 0. The summed E-state index contributed by atoms with van der Waals surface area (Å²) in [4.78, 5) is 15.4. The lowest BCUT2D eigenvalue weighted by atomic mass is 9.89. The summed E-state index contributed by atoms with van der Waals surface area (Å²) in [6, 6.07) is 13.6. The Balaban J connectivity index is 1.44. The molecule has 1 fully saturated rings. The van der Waals surface area contributed by atoms with Crippen LogP contribution in [0.4, 0.5) is 0 Å². The molecule has 1 atom stereocenters. The third-order valence-electron chi connectivity index (χ3n) is 5.24. The fraction of sp³-hybridized carbons (Fsp3) is 0.435. The molecule has 0 spiro atoms. The molecular formula is C23H27NO4. The molecule has 5 nitrogen and oxygen atoms in total. The summed E-state index contributed by atoms with van der Waals surface area (Å²) in [7, 11) is 0. The molecule has 0 bridgehead atoms. The van der Waals surface area contributed by atoms with Gasteiger partial charge in [0.2, 0.25) is 6.79 Å². The Morgan fingerprint density at radius 3 is 2.93 bits per heavy atom. The maximum atomic E-state index is 13.1. The molecule has 2 heterocycles. The van der Waals surface area contributed by atoms with Crippen molar-refractivity contribution in [3.63, 3.8) is 0 Å². The van der Waals surface area contributed by atoms with Crippen molar-refractivity contribution in [2.24, 2.45) is 5.92 Å². The van der Waals surface area contributed by atoms with E-state index >= 15 is 0 Å². The second-order valence-electron chi connectivity index (χ2n) is 7.78. The van der Waals surface area contributed by atoms with Gasteiger partial charge >= 0.3 is 0 Å². The van der Waals surface area contributed by atoms with Crippen LogP contribution in [0, 0.1) is 5.92 Å². The molecule has 4 rings (SSSR count). The molecule has 0 N–H and O–H groups in total. The van der Waals surface area contributed by atoms with E-state index in [4.69, 9.17) is 14.2 Å². The van der Waals surface area contributed by atoms with E-state index in [0.717, 1.165) is 60.9 Å². The Morgan fingerprint density at radius 1 is 1.21 bits per heavy atom. The molecule has 2 aliphatic rings. The lowest BCUT2D eigenvalue weighted by Gasteiger charge is -2.32. The molecule has 0 unspecified atom stereocenters. The summed E-state index contributed by atoms with van der Waals surface area (Å²) in [5.41, 5.74) is 1.86. The van der Waals surface area contributed by atoms with E-state index in [1.807, 2.05) is 50.2 Å². The molecule has 148 valence electrons. The van der Waals surface area contributed by atoms with Crippen LogP contribution in [0.5, 0.6) is 17.2 Å². The van der Waals surface area contributed by atoms with Crippen LogP contribution >= 0.6 is 0 Å². The zero-order chi connectivity index (χ0) is 19.5. The van der Waals surface area contributed by atoms with E-state index in [1.54, 1.807) is 0 Å². The number of ketones is 1. The number of Topliss-reactive ketones (excluding diaryl/α,β-unsaturated/α-hetero) is 1. The van der Waals surface area contributed by atoms with Crippen LogP contribution in [0.1, 0.15) is 42.6 Å². The molecule has 0 aromatic heterocycles. The number of likely N-dealkylation sites (tertiary alicyclic amines) is 1. The average Bonchev–Trinajstić information content (AvgIpc) is 3.17. The molecule has 2 aliphatic heterocycles. The lowest BCUT2D eigenvalue weighted by Crippen LogP contribution is -2.38. The van der Waals surface area contributed by atoms with Crippen molar-refractivity contribution >= 4 is 5.78 Å². The number of fused-ring (bicyclic) bond motifs is 1. The van der Waals surface area contributed by atoms with Crippen molar-refractivity contribution in [2.75, 3.05) is 19.9 Å². The number of carbonyl (C=O) groups is 1. The largest absolute Gasteiger partial charge is 0.491 e.